The van der Waals surface area contributed by atoms with Crippen LogP contribution in [0.1, 0.15) is 0 Å². The van der Waals surface area contributed by atoms with E-state index >= 15 is 0 Å². The minimum absolute atomic E-state index is 0.511. The molecule has 0 fully saturated rings. The van der Waals surface area contributed by atoms with Crippen molar-refractivity contribution in [1.82, 2.24) is 0 Å². The summed E-state index contributed by atoms with van der Waals surface area (Å²) in [5, 5.41) is -1.20. The van der Waals surface area contributed by atoms with Crippen molar-refractivity contribution in [2.24, 2.45) is 0 Å². The average Bonchev–Trinajstić information content (AvgIpc) is 1.65. The molecule has 0 aliphatic carbocycles. The summed E-state index contributed by atoms with van der Waals surface area (Å²) in [5.74, 6) is 0. The zero-order valence-electron chi connectivity index (χ0n) is 3.67. The van der Waals surface area contributed by atoms with E-state index in [2.05, 4.69) is 12.6 Å². The Bertz CT molecular complexity index is 99.1. The Morgan fingerprint density at radius 2 is 2.00 bits per heavy atom. The molecule has 0 saturated carbocycles. The third kappa shape index (κ3) is 2.70. The van der Waals surface area contributed by atoms with Gasteiger partial charge in [-0.25, -0.2) is 0 Å². The zero-order valence-corrected chi connectivity index (χ0v) is 5.38. The van der Waals surface area contributed by atoms with Crippen molar-refractivity contribution in [3.8, 4) is 0 Å². The topological polar surface area (TPSA) is 34.1 Å². The molecule has 0 radical (unpaired) electrons. The minimum Gasteiger partial charge on any atom is -0.277 e. The van der Waals surface area contributed by atoms with Gasteiger partial charge < -0.3 is 0 Å². The molecule has 40 valence electrons. The molecule has 0 aromatic heterocycles. The van der Waals surface area contributed by atoms with Gasteiger partial charge in [0.25, 0.3) is 10.2 Å². The molecule has 0 amide bonds. The van der Waals surface area contributed by atoms with E-state index in [4.69, 9.17) is 0 Å². The van der Waals surface area contributed by atoms with E-state index in [1.807, 2.05) is 0 Å². The predicted octanol–water partition coefficient (Wildman–Crippen LogP) is 0.332. The van der Waals surface area contributed by atoms with Gasteiger partial charge in [0.05, 0.1) is 0 Å². The second kappa shape index (κ2) is 3.10. The summed E-state index contributed by atoms with van der Waals surface area (Å²) < 4.78 is 0. The molecule has 0 heterocycles. The van der Waals surface area contributed by atoms with Gasteiger partial charge in [0.15, 0.2) is 0 Å². The fraction of sp³-hybridized carbons (Fsp3) is 0.333. The standard InChI is InChI=1S/C3H4O2S2/c1-7-3(5)2(4)6/h1H3,(H,4,6). The van der Waals surface area contributed by atoms with Gasteiger partial charge in [0, 0.05) is 0 Å². The lowest BCUT2D eigenvalue weighted by molar-refractivity contribution is -0.126. The predicted molar refractivity (Wildman–Crippen MR) is 32.5 cm³/mol. The van der Waals surface area contributed by atoms with Gasteiger partial charge in [-0.05, 0) is 6.26 Å². The van der Waals surface area contributed by atoms with Crippen LogP contribution in [0.3, 0.4) is 0 Å². The monoisotopic (exact) mass is 136 g/mol. The van der Waals surface area contributed by atoms with Crippen molar-refractivity contribution in [2.45, 2.75) is 0 Å². The molecule has 0 aliphatic rings. The van der Waals surface area contributed by atoms with Crippen molar-refractivity contribution >= 4 is 34.6 Å². The number of hydrogen-bond acceptors (Lipinski definition) is 3. The molecule has 2 nitrogen and oxygen atoms in total. The Kier molecular flexibility index (Phi) is 3.11. The van der Waals surface area contributed by atoms with Gasteiger partial charge in [-0.2, -0.15) is 0 Å². The Labute approximate surface area is 51.1 Å². The van der Waals surface area contributed by atoms with Crippen LogP contribution in [-0.2, 0) is 9.59 Å². The number of carbonyl (C=O) groups excluding carboxylic acids is 2. The fourth-order valence-electron chi connectivity index (χ4n) is 0.0873. The van der Waals surface area contributed by atoms with Crippen molar-refractivity contribution in [3.63, 3.8) is 0 Å². The molecule has 7 heavy (non-hydrogen) atoms. The summed E-state index contributed by atoms with van der Waals surface area (Å²) in [6.07, 6.45) is 1.54. The Morgan fingerprint density at radius 3 is 2.00 bits per heavy atom. The molecule has 0 saturated heterocycles. The van der Waals surface area contributed by atoms with Crippen molar-refractivity contribution in [3.05, 3.63) is 0 Å². The number of hydrogen-bond donors (Lipinski definition) is 1. The third-order valence-electron chi connectivity index (χ3n) is 0.360. The average molecular weight is 136 g/mol. The Morgan fingerprint density at radius 1 is 1.57 bits per heavy atom. The second-order valence-corrected chi connectivity index (χ2v) is 1.98. The largest absolute Gasteiger partial charge is 0.277 e. The first kappa shape index (κ1) is 7.04. The first-order chi connectivity index (χ1) is 3.18. The molecular formula is C3H4O2S2. The van der Waals surface area contributed by atoms with E-state index in [-0.39, 0.29) is 0 Å². The van der Waals surface area contributed by atoms with Crippen LogP contribution in [0.15, 0.2) is 0 Å². The smallest absolute Gasteiger partial charge is 0.265 e. The molecule has 0 rings (SSSR count). The van der Waals surface area contributed by atoms with E-state index < -0.39 is 10.2 Å². The van der Waals surface area contributed by atoms with Gasteiger partial charge in [-0.15, -0.1) is 0 Å². The van der Waals surface area contributed by atoms with Gasteiger partial charge in [-0.1, -0.05) is 24.4 Å². The van der Waals surface area contributed by atoms with Crippen LogP contribution in [0.4, 0.5) is 0 Å². The zero-order chi connectivity index (χ0) is 5.86. The van der Waals surface area contributed by atoms with Crippen molar-refractivity contribution in [2.75, 3.05) is 6.26 Å². The SMILES string of the molecule is CSC(=O)C(=O)S. The summed E-state index contributed by atoms with van der Waals surface area (Å²) >= 11 is 4.13. The lowest BCUT2D eigenvalue weighted by atomic mass is 10.9. The second-order valence-electron chi connectivity index (χ2n) is 0.797. The van der Waals surface area contributed by atoms with Crippen LogP contribution in [0.2, 0.25) is 0 Å². The molecule has 0 aromatic rings. The van der Waals surface area contributed by atoms with Crippen LogP contribution in [-0.4, -0.2) is 16.5 Å². The minimum atomic E-state index is -0.687. The molecule has 0 bridgehead atoms. The molecule has 0 spiro atoms. The number of thioether (sulfide) groups is 1. The highest BCUT2D eigenvalue weighted by atomic mass is 32.2. The van der Waals surface area contributed by atoms with Crippen LogP contribution in [0.25, 0.3) is 0 Å². The number of thiol groups is 1. The molecule has 4 heteroatoms. The third-order valence-corrected chi connectivity index (χ3v) is 1.27. The van der Waals surface area contributed by atoms with E-state index in [9.17, 15) is 9.59 Å². The molecule has 0 unspecified atom stereocenters. The highest BCUT2D eigenvalue weighted by Gasteiger charge is 2.03. The summed E-state index contributed by atoms with van der Waals surface area (Å²) in [6.45, 7) is 0. The van der Waals surface area contributed by atoms with Crippen LogP contribution in [0.5, 0.6) is 0 Å². The number of carbonyl (C=O) groups is 2. The summed E-state index contributed by atoms with van der Waals surface area (Å²) in [6, 6.07) is 0. The lowest BCUT2D eigenvalue weighted by Crippen LogP contribution is -1.98. The highest BCUT2D eigenvalue weighted by Crippen LogP contribution is 1.96. The molecule has 0 aromatic carbocycles. The van der Waals surface area contributed by atoms with Crippen molar-refractivity contribution in [1.29, 1.82) is 0 Å². The van der Waals surface area contributed by atoms with Gasteiger partial charge >= 0.3 is 0 Å². The normalized spacial score (nSPS) is 8.29. The molecule has 0 N–H and O–H groups in total. The maximum atomic E-state index is 10.0. The Hall–Kier alpha value is 0.0400. The van der Waals surface area contributed by atoms with E-state index in [1.165, 1.54) is 6.26 Å². The molecule has 0 aliphatic heterocycles. The lowest BCUT2D eigenvalue weighted by Gasteiger charge is -1.80. The van der Waals surface area contributed by atoms with Crippen LogP contribution >= 0.6 is 24.4 Å². The van der Waals surface area contributed by atoms with Gasteiger partial charge in [0.2, 0.25) is 0 Å². The van der Waals surface area contributed by atoms with E-state index in [0.717, 1.165) is 11.8 Å². The Balaban J connectivity index is 3.58. The van der Waals surface area contributed by atoms with Gasteiger partial charge in [-0.3, -0.25) is 9.59 Å². The highest BCUT2D eigenvalue weighted by molar-refractivity contribution is 8.19. The summed E-state index contributed by atoms with van der Waals surface area (Å²) in [5.41, 5.74) is 0. The van der Waals surface area contributed by atoms with Crippen LogP contribution in [0, 0.1) is 0 Å². The summed E-state index contributed by atoms with van der Waals surface area (Å²) in [7, 11) is 0. The number of rotatable bonds is 1. The van der Waals surface area contributed by atoms with E-state index in [0.29, 0.717) is 0 Å². The molecule has 0 atom stereocenters. The first-order valence-corrected chi connectivity index (χ1v) is 3.17. The van der Waals surface area contributed by atoms with Crippen molar-refractivity contribution < 1.29 is 9.59 Å². The first-order valence-electron chi connectivity index (χ1n) is 1.49. The fourth-order valence-corrected chi connectivity index (χ4v) is 0.536. The van der Waals surface area contributed by atoms with Gasteiger partial charge in [0.1, 0.15) is 0 Å². The maximum absolute atomic E-state index is 10.0. The molecular weight excluding hydrogens is 132 g/mol. The van der Waals surface area contributed by atoms with E-state index in [1.54, 1.807) is 0 Å². The summed E-state index contributed by atoms with van der Waals surface area (Å²) in [4.78, 5) is 19.9. The maximum Gasteiger partial charge on any atom is 0.265 e. The quantitative estimate of drug-likeness (QED) is 0.417. The van der Waals surface area contributed by atoms with Crippen LogP contribution < -0.4 is 0 Å².